The fraction of sp³-hybridized carbons (Fsp3) is 0.625. The number of ether oxygens (including phenoxy) is 1. The quantitative estimate of drug-likeness (QED) is 0.914. The van der Waals surface area contributed by atoms with Gasteiger partial charge in [0.2, 0.25) is 0 Å². The molecule has 2 unspecified atom stereocenters. The lowest BCUT2D eigenvalue weighted by molar-refractivity contribution is -0.0688. The van der Waals surface area contributed by atoms with Crippen molar-refractivity contribution in [2.24, 2.45) is 0 Å². The van der Waals surface area contributed by atoms with Crippen molar-refractivity contribution in [2.75, 3.05) is 37.8 Å². The summed E-state index contributed by atoms with van der Waals surface area (Å²) in [6.07, 6.45) is 5.29. The average molecular weight is 324 g/mol. The van der Waals surface area contributed by atoms with E-state index < -0.39 is 9.84 Å². The highest BCUT2D eigenvalue weighted by Crippen LogP contribution is 2.22. The van der Waals surface area contributed by atoms with Gasteiger partial charge in [-0.3, -0.25) is 4.90 Å². The predicted molar refractivity (Wildman–Crippen MR) is 87.0 cm³/mol. The Balaban J connectivity index is 1.52. The van der Waals surface area contributed by atoms with Crippen molar-refractivity contribution in [3.05, 3.63) is 24.3 Å². The minimum absolute atomic E-state index is 0.198. The van der Waals surface area contributed by atoms with Crippen LogP contribution in [0.4, 0.5) is 5.69 Å². The zero-order chi connectivity index (χ0) is 15.6. The molecular formula is C16H24N2O3S. The lowest BCUT2D eigenvalue weighted by Crippen LogP contribution is -2.53. The van der Waals surface area contributed by atoms with E-state index in [1.807, 2.05) is 12.1 Å². The molecule has 2 atom stereocenters. The molecule has 6 heteroatoms. The molecule has 1 N–H and O–H groups in total. The molecule has 0 aromatic heterocycles. The SMILES string of the molecule is CS(=O)(=O)c1ccc(NCC2CN3CCCCC3CO2)cc1. The van der Waals surface area contributed by atoms with Gasteiger partial charge in [0, 0.05) is 31.1 Å². The highest BCUT2D eigenvalue weighted by atomic mass is 32.2. The minimum atomic E-state index is -3.13. The molecule has 2 aliphatic rings. The topological polar surface area (TPSA) is 58.6 Å². The number of rotatable bonds is 4. The molecule has 1 aromatic rings. The molecule has 0 saturated carbocycles. The molecule has 0 radical (unpaired) electrons. The van der Waals surface area contributed by atoms with Gasteiger partial charge in [0.05, 0.1) is 17.6 Å². The van der Waals surface area contributed by atoms with Crippen LogP contribution in [0.3, 0.4) is 0 Å². The van der Waals surface area contributed by atoms with Gasteiger partial charge in [0.15, 0.2) is 9.84 Å². The van der Waals surface area contributed by atoms with E-state index in [0.717, 1.165) is 25.4 Å². The van der Waals surface area contributed by atoms with Gasteiger partial charge in [-0.15, -0.1) is 0 Å². The van der Waals surface area contributed by atoms with E-state index in [2.05, 4.69) is 10.2 Å². The third-order valence-corrected chi connectivity index (χ3v) is 5.66. The van der Waals surface area contributed by atoms with Crippen LogP contribution in [0.15, 0.2) is 29.2 Å². The Morgan fingerprint density at radius 2 is 2.05 bits per heavy atom. The van der Waals surface area contributed by atoms with Gasteiger partial charge in [-0.25, -0.2) is 8.42 Å². The maximum absolute atomic E-state index is 11.4. The third-order valence-electron chi connectivity index (χ3n) is 4.53. The highest BCUT2D eigenvalue weighted by molar-refractivity contribution is 7.90. The van der Waals surface area contributed by atoms with Crippen molar-refractivity contribution in [2.45, 2.75) is 36.3 Å². The molecular weight excluding hydrogens is 300 g/mol. The monoisotopic (exact) mass is 324 g/mol. The second-order valence-electron chi connectivity index (χ2n) is 6.28. The van der Waals surface area contributed by atoms with E-state index in [1.54, 1.807) is 12.1 Å². The van der Waals surface area contributed by atoms with Crippen LogP contribution in [0, 0.1) is 0 Å². The summed E-state index contributed by atoms with van der Waals surface area (Å²) in [5, 5.41) is 3.34. The normalized spacial score (nSPS) is 26.4. The number of hydrogen-bond acceptors (Lipinski definition) is 5. The Kier molecular flexibility index (Phi) is 4.70. The molecule has 1 aromatic carbocycles. The van der Waals surface area contributed by atoms with Crippen molar-refractivity contribution < 1.29 is 13.2 Å². The number of nitrogens with zero attached hydrogens (tertiary/aromatic N) is 1. The van der Waals surface area contributed by atoms with Crippen LogP contribution in [-0.2, 0) is 14.6 Å². The van der Waals surface area contributed by atoms with Crippen LogP contribution in [0.25, 0.3) is 0 Å². The van der Waals surface area contributed by atoms with Gasteiger partial charge in [-0.1, -0.05) is 6.42 Å². The summed E-state index contributed by atoms with van der Waals surface area (Å²) in [6, 6.07) is 7.51. The lowest BCUT2D eigenvalue weighted by atomic mass is 10.0. The maximum Gasteiger partial charge on any atom is 0.175 e. The number of fused-ring (bicyclic) bond motifs is 1. The van der Waals surface area contributed by atoms with Crippen molar-refractivity contribution in [3.63, 3.8) is 0 Å². The zero-order valence-corrected chi connectivity index (χ0v) is 13.8. The molecule has 3 rings (SSSR count). The number of benzene rings is 1. The van der Waals surface area contributed by atoms with Crippen LogP contribution >= 0.6 is 0 Å². The third kappa shape index (κ3) is 3.80. The molecule has 22 heavy (non-hydrogen) atoms. The van der Waals surface area contributed by atoms with Crippen molar-refractivity contribution in [1.82, 2.24) is 4.90 Å². The molecule has 0 amide bonds. The molecule has 0 aliphatic carbocycles. The number of piperidine rings is 1. The first kappa shape index (κ1) is 15.8. The lowest BCUT2D eigenvalue weighted by Gasteiger charge is -2.42. The van der Waals surface area contributed by atoms with Gasteiger partial charge in [-0.2, -0.15) is 0 Å². The first-order chi connectivity index (χ1) is 10.5. The van der Waals surface area contributed by atoms with Crippen LogP contribution in [0.1, 0.15) is 19.3 Å². The zero-order valence-electron chi connectivity index (χ0n) is 13.0. The minimum Gasteiger partial charge on any atom is -0.382 e. The smallest absolute Gasteiger partial charge is 0.175 e. The summed E-state index contributed by atoms with van der Waals surface area (Å²) in [5.41, 5.74) is 0.928. The number of hydrogen-bond donors (Lipinski definition) is 1. The van der Waals surface area contributed by atoms with E-state index in [1.165, 1.54) is 32.1 Å². The van der Waals surface area contributed by atoms with E-state index in [4.69, 9.17) is 4.74 Å². The van der Waals surface area contributed by atoms with Gasteiger partial charge in [0.1, 0.15) is 0 Å². The summed E-state index contributed by atoms with van der Waals surface area (Å²) < 4.78 is 28.8. The van der Waals surface area contributed by atoms with Crippen molar-refractivity contribution >= 4 is 15.5 Å². The summed E-state index contributed by atoms with van der Waals surface area (Å²) in [6.45, 7) is 3.76. The van der Waals surface area contributed by atoms with Gasteiger partial charge in [0.25, 0.3) is 0 Å². The van der Waals surface area contributed by atoms with Gasteiger partial charge >= 0.3 is 0 Å². The van der Waals surface area contributed by atoms with Crippen LogP contribution < -0.4 is 5.32 Å². The second-order valence-corrected chi connectivity index (χ2v) is 8.29. The standard InChI is InChI=1S/C16H24N2O3S/c1-22(19,20)16-7-5-13(6-8-16)17-10-15-11-18-9-3-2-4-14(18)12-21-15/h5-8,14-15,17H,2-4,9-12H2,1H3. The van der Waals surface area contributed by atoms with E-state index in [-0.39, 0.29) is 6.10 Å². The number of morpholine rings is 1. The second kappa shape index (κ2) is 6.56. The highest BCUT2D eigenvalue weighted by Gasteiger charge is 2.30. The largest absolute Gasteiger partial charge is 0.382 e. The predicted octanol–water partition coefficient (Wildman–Crippen LogP) is 1.76. The van der Waals surface area contributed by atoms with E-state index in [9.17, 15) is 8.42 Å². The van der Waals surface area contributed by atoms with Crippen molar-refractivity contribution in [1.29, 1.82) is 0 Å². The molecule has 0 bridgehead atoms. The van der Waals surface area contributed by atoms with Gasteiger partial charge in [-0.05, 0) is 43.7 Å². The van der Waals surface area contributed by atoms with E-state index >= 15 is 0 Å². The summed E-state index contributed by atoms with van der Waals surface area (Å²) in [5.74, 6) is 0. The average Bonchev–Trinajstić information content (AvgIpc) is 2.52. The van der Waals surface area contributed by atoms with Crippen molar-refractivity contribution in [3.8, 4) is 0 Å². The molecule has 2 aliphatic heterocycles. The van der Waals surface area contributed by atoms with E-state index in [0.29, 0.717) is 10.9 Å². The number of sulfone groups is 1. The first-order valence-electron chi connectivity index (χ1n) is 7.92. The fourth-order valence-electron chi connectivity index (χ4n) is 3.23. The molecule has 122 valence electrons. The first-order valence-corrected chi connectivity index (χ1v) is 9.81. The Labute approximate surface area is 132 Å². The Bertz CT molecular complexity index is 600. The van der Waals surface area contributed by atoms with Gasteiger partial charge < -0.3 is 10.1 Å². The Morgan fingerprint density at radius 3 is 2.77 bits per heavy atom. The Hall–Kier alpha value is -1.11. The molecule has 2 saturated heterocycles. The summed E-state index contributed by atoms with van der Waals surface area (Å²) in [4.78, 5) is 2.90. The molecule has 2 fully saturated rings. The number of anilines is 1. The Morgan fingerprint density at radius 1 is 1.27 bits per heavy atom. The van der Waals surface area contributed by atoms with Crippen LogP contribution in [-0.4, -0.2) is 58.0 Å². The summed E-state index contributed by atoms with van der Waals surface area (Å²) >= 11 is 0. The molecule has 0 spiro atoms. The molecule has 2 heterocycles. The maximum atomic E-state index is 11.4. The number of nitrogens with one attached hydrogen (secondary N) is 1. The van der Waals surface area contributed by atoms with Crippen LogP contribution in [0.2, 0.25) is 0 Å². The summed E-state index contributed by atoms with van der Waals surface area (Å²) in [7, 11) is -3.13. The molecule has 5 nitrogen and oxygen atoms in total. The fourth-order valence-corrected chi connectivity index (χ4v) is 3.86. The van der Waals surface area contributed by atoms with Crippen LogP contribution in [0.5, 0.6) is 0 Å².